The van der Waals surface area contributed by atoms with Gasteiger partial charge in [0.1, 0.15) is 5.78 Å². The van der Waals surface area contributed by atoms with Crippen LogP contribution in [-0.4, -0.2) is 12.8 Å². The van der Waals surface area contributed by atoms with Gasteiger partial charge in [0.15, 0.2) is 0 Å². The second kappa shape index (κ2) is 12.3. The van der Waals surface area contributed by atoms with Crippen LogP contribution in [0.1, 0.15) is 46.0 Å². The van der Waals surface area contributed by atoms with Gasteiger partial charge in [-0.05, 0) is 13.5 Å². The van der Waals surface area contributed by atoms with Crippen LogP contribution in [0, 0.1) is 0 Å². The van der Waals surface area contributed by atoms with Crippen molar-refractivity contribution in [1.82, 2.24) is 0 Å². The van der Waals surface area contributed by atoms with Gasteiger partial charge in [0.25, 0.3) is 0 Å². The van der Waals surface area contributed by atoms with Crippen molar-refractivity contribution >= 4 is 5.78 Å². The van der Waals surface area contributed by atoms with Crippen molar-refractivity contribution in [3.05, 3.63) is 0 Å². The van der Waals surface area contributed by atoms with Crippen molar-refractivity contribution in [2.45, 2.75) is 46.0 Å². The molecule has 0 amide bonds. The average Bonchev–Trinajstić information content (AvgIpc) is 2.08. The molecule has 2 N–H and O–H groups in total. The van der Waals surface area contributed by atoms with Gasteiger partial charge in [-0.25, -0.2) is 0 Å². The summed E-state index contributed by atoms with van der Waals surface area (Å²) in [6.45, 7) is 4.07. The second-order valence-electron chi connectivity index (χ2n) is 2.35. The smallest absolute Gasteiger partial charge is 0.132 e. The van der Waals surface area contributed by atoms with Crippen molar-refractivity contribution in [3.63, 3.8) is 0 Å². The molecule has 0 unspecified atom stereocenters. The van der Waals surface area contributed by atoms with Crippen LogP contribution in [0.25, 0.3) is 0 Å². The zero-order valence-electron chi connectivity index (χ0n) is 8.02. The Bertz CT molecular complexity index is 81.6. The lowest BCUT2D eigenvalue weighted by Crippen LogP contribution is -1.93. The number of hydrogen-bond donors (Lipinski definition) is 1. The summed E-state index contributed by atoms with van der Waals surface area (Å²) in [6.07, 6.45) is 5.00. The molecule has 68 valence electrons. The van der Waals surface area contributed by atoms with Crippen LogP contribution in [0.2, 0.25) is 0 Å². The van der Waals surface area contributed by atoms with Crippen LogP contribution in [0.5, 0.6) is 0 Å². The minimum absolute atomic E-state index is 0.406. The molecule has 0 saturated heterocycles. The Morgan fingerprint density at radius 1 is 1.18 bits per heavy atom. The zero-order valence-corrected chi connectivity index (χ0v) is 8.02. The van der Waals surface area contributed by atoms with Crippen molar-refractivity contribution < 1.29 is 4.79 Å². The summed E-state index contributed by atoms with van der Waals surface area (Å²) in [5, 5.41) is 0. The lowest BCUT2D eigenvalue weighted by Gasteiger charge is -1.93. The van der Waals surface area contributed by atoms with E-state index in [0.717, 1.165) is 12.8 Å². The molecule has 0 radical (unpaired) electrons. The highest BCUT2D eigenvalue weighted by Gasteiger charge is 1.95. The Kier molecular flexibility index (Phi) is 14.8. The first kappa shape index (κ1) is 13.2. The molecule has 0 aromatic heterocycles. The fraction of sp³-hybridized carbons (Fsp3) is 0.889. The molecule has 2 heteroatoms. The summed E-state index contributed by atoms with van der Waals surface area (Å²) in [6, 6.07) is 0. The van der Waals surface area contributed by atoms with E-state index in [0.29, 0.717) is 12.2 Å². The highest BCUT2D eigenvalue weighted by Crippen LogP contribution is 2.00. The average molecular weight is 159 g/mol. The summed E-state index contributed by atoms with van der Waals surface area (Å²) in [7, 11) is 1.50. The molecule has 0 aromatic rings. The van der Waals surface area contributed by atoms with Crippen LogP contribution in [-0.2, 0) is 4.79 Å². The minimum atomic E-state index is 0.406. The number of rotatable bonds is 5. The molecule has 0 rings (SSSR count). The SMILES string of the molecule is CCCCCC(=O)CC.CN. The molecular formula is C9H21NO. The molecule has 0 bridgehead atoms. The van der Waals surface area contributed by atoms with E-state index in [2.05, 4.69) is 12.7 Å². The van der Waals surface area contributed by atoms with E-state index in [1.54, 1.807) is 0 Å². The number of Topliss-reactive ketones (excluding diaryl/α,β-unsaturated/α-hetero) is 1. The highest BCUT2D eigenvalue weighted by atomic mass is 16.1. The van der Waals surface area contributed by atoms with Gasteiger partial charge in [0.05, 0.1) is 0 Å². The van der Waals surface area contributed by atoms with E-state index in [4.69, 9.17) is 0 Å². The first-order chi connectivity index (χ1) is 5.31. The van der Waals surface area contributed by atoms with Crippen molar-refractivity contribution in [2.75, 3.05) is 7.05 Å². The first-order valence-corrected chi connectivity index (χ1v) is 4.40. The maximum atomic E-state index is 10.7. The number of ketones is 1. The molecule has 0 aliphatic heterocycles. The second-order valence-corrected chi connectivity index (χ2v) is 2.35. The topological polar surface area (TPSA) is 43.1 Å². The molecule has 0 aliphatic carbocycles. The van der Waals surface area contributed by atoms with Gasteiger partial charge >= 0.3 is 0 Å². The highest BCUT2D eigenvalue weighted by molar-refractivity contribution is 5.77. The fourth-order valence-corrected chi connectivity index (χ4v) is 0.749. The van der Waals surface area contributed by atoms with E-state index in [1.807, 2.05) is 6.92 Å². The number of unbranched alkanes of at least 4 members (excludes halogenated alkanes) is 2. The van der Waals surface area contributed by atoms with Crippen molar-refractivity contribution in [3.8, 4) is 0 Å². The van der Waals surface area contributed by atoms with E-state index in [9.17, 15) is 4.79 Å². The Labute approximate surface area is 70.2 Å². The van der Waals surface area contributed by atoms with Gasteiger partial charge in [-0.1, -0.05) is 26.7 Å². The van der Waals surface area contributed by atoms with Gasteiger partial charge in [0.2, 0.25) is 0 Å². The Hall–Kier alpha value is -0.370. The Morgan fingerprint density at radius 3 is 2.09 bits per heavy atom. The zero-order chi connectivity index (χ0) is 9.11. The first-order valence-electron chi connectivity index (χ1n) is 4.40. The maximum Gasteiger partial charge on any atom is 0.132 e. The lowest BCUT2D eigenvalue weighted by molar-refractivity contribution is -0.118. The Morgan fingerprint density at radius 2 is 1.73 bits per heavy atom. The third kappa shape index (κ3) is 12.8. The molecule has 0 heterocycles. The van der Waals surface area contributed by atoms with Crippen LogP contribution < -0.4 is 5.73 Å². The van der Waals surface area contributed by atoms with Gasteiger partial charge in [-0.3, -0.25) is 4.79 Å². The maximum absolute atomic E-state index is 10.7. The third-order valence-corrected chi connectivity index (χ3v) is 1.45. The van der Waals surface area contributed by atoms with Crippen molar-refractivity contribution in [2.24, 2.45) is 5.73 Å². The van der Waals surface area contributed by atoms with Crippen LogP contribution >= 0.6 is 0 Å². The molecule has 0 saturated carbocycles. The van der Waals surface area contributed by atoms with Gasteiger partial charge < -0.3 is 5.73 Å². The van der Waals surface area contributed by atoms with Crippen LogP contribution in [0.15, 0.2) is 0 Å². The van der Waals surface area contributed by atoms with E-state index >= 15 is 0 Å². The number of hydrogen-bond acceptors (Lipinski definition) is 2. The van der Waals surface area contributed by atoms with E-state index < -0.39 is 0 Å². The quantitative estimate of drug-likeness (QED) is 0.624. The van der Waals surface area contributed by atoms with Crippen LogP contribution in [0.4, 0.5) is 0 Å². The predicted octanol–water partition coefficient (Wildman–Crippen LogP) is 2.12. The molecule has 0 aromatic carbocycles. The molecule has 0 spiro atoms. The summed E-state index contributed by atoms with van der Waals surface area (Å²) in [4.78, 5) is 10.7. The predicted molar refractivity (Wildman–Crippen MR) is 49.6 cm³/mol. The summed E-state index contributed by atoms with van der Waals surface area (Å²) in [5.74, 6) is 0.406. The Balaban J connectivity index is 0. The number of carbonyl (C=O) groups excluding carboxylic acids is 1. The van der Waals surface area contributed by atoms with Gasteiger partial charge in [-0.15, -0.1) is 0 Å². The molecule has 0 fully saturated rings. The molecular weight excluding hydrogens is 138 g/mol. The van der Waals surface area contributed by atoms with Gasteiger partial charge in [-0.2, -0.15) is 0 Å². The molecule has 11 heavy (non-hydrogen) atoms. The largest absolute Gasteiger partial charge is 0.333 e. The van der Waals surface area contributed by atoms with E-state index in [1.165, 1.54) is 19.9 Å². The lowest BCUT2D eigenvalue weighted by atomic mass is 10.1. The summed E-state index contributed by atoms with van der Waals surface area (Å²) >= 11 is 0. The fourth-order valence-electron chi connectivity index (χ4n) is 0.749. The number of carbonyl (C=O) groups is 1. The van der Waals surface area contributed by atoms with Crippen molar-refractivity contribution in [1.29, 1.82) is 0 Å². The minimum Gasteiger partial charge on any atom is -0.333 e. The van der Waals surface area contributed by atoms with Crippen LogP contribution in [0.3, 0.4) is 0 Å². The monoisotopic (exact) mass is 159 g/mol. The summed E-state index contributed by atoms with van der Waals surface area (Å²) < 4.78 is 0. The van der Waals surface area contributed by atoms with Gasteiger partial charge in [0, 0.05) is 12.8 Å². The molecule has 0 atom stereocenters. The summed E-state index contributed by atoms with van der Waals surface area (Å²) in [5.41, 5.74) is 4.50. The van der Waals surface area contributed by atoms with E-state index in [-0.39, 0.29) is 0 Å². The number of nitrogens with two attached hydrogens (primary N) is 1. The molecule has 0 aliphatic rings. The molecule has 2 nitrogen and oxygen atoms in total. The standard InChI is InChI=1S/C8H16O.CH5N/c1-3-5-6-7-8(9)4-2;1-2/h3-7H2,1-2H3;2H2,1H3. The third-order valence-electron chi connectivity index (χ3n) is 1.45. The normalized spacial score (nSPS) is 8.36.